The van der Waals surface area contributed by atoms with Crippen molar-refractivity contribution >= 4 is 6.47 Å². The predicted molar refractivity (Wildman–Crippen MR) is 58.7 cm³/mol. The summed E-state index contributed by atoms with van der Waals surface area (Å²) in [6.45, 7) is -0.300. The number of ether oxygens (including phenoxy) is 1. The molecule has 0 saturated heterocycles. The zero-order valence-electron chi connectivity index (χ0n) is 9.17. The summed E-state index contributed by atoms with van der Waals surface area (Å²) in [5.74, 6) is -0.654. The second-order valence-electron chi connectivity index (χ2n) is 4.21. The van der Waals surface area contributed by atoms with Crippen molar-refractivity contribution in [1.29, 1.82) is 0 Å². The van der Waals surface area contributed by atoms with Gasteiger partial charge in [-0.05, 0) is 30.4 Å². The zero-order chi connectivity index (χ0) is 12.5. The van der Waals surface area contributed by atoms with E-state index in [1.807, 2.05) is 12.1 Å². The van der Waals surface area contributed by atoms with E-state index < -0.39 is 5.79 Å². The third kappa shape index (κ3) is 2.25. The van der Waals surface area contributed by atoms with Gasteiger partial charge in [0.25, 0.3) is 6.47 Å². The number of carboxylic acid groups (broad SMARTS) is 1. The van der Waals surface area contributed by atoms with Crippen LogP contribution in [0.1, 0.15) is 29.9 Å². The number of fused-ring (bicyclic) bond motifs is 1. The fourth-order valence-electron chi connectivity index (χ4n) is 2.08. The lowest BCUT2D eigenvalue weighted by molar-refractivity contribution is -0.174. The summed E-state index contributed by atoms with van der Waals surface area (Å²) >= 11 is 0. The molecule has 1 fully saturated rings. The topological polar surface area (TPSA) is 87.0 Å². The van der Waals surface area contributed by atoms with E-state index in [1.54, 1.807) is 6.07 Å². The highest BCUT2D eigenvalue weighted by molar-refractivity contribution is 5.48. The molecule has 0 bridgehead atoms. The SMILES string of the molecule is O=CO.OC1(O)COc2cccc(C3CC3)c21. The van der Waals surface area contributed by atoms with Gasteiger partial charge in [0.05, 0.1) is 5.56 Å². The van der Waals surface area contributed by atoms with Crippen molar-refractivity contribution in [1.82, 2.24) is 0 Å². The van der Waals surface area contributed by atoms with Gasteiger partial charge >= 0.3 is 0 Å². The predicted octanol–water partition coefficient (Wildman–Crippen LogP) is 0.795. The van der Waals surface area contributed by atoms with Gasteiger partial charge in [-0.25, -0.2) is 0 Å². The normalized spacial score (nSPS) is 19.6. The Morgan fingerprint density at radius 1 is 1.35 bits per heavy atom. The maximum atomic E-state index is 9.73. The van der Waals surface area contributed by atoms with Gasteiger partial charge in [0, 0.05) is 0 Å². The summed E-state index contributed by atoms with van der Waals surface area (Å²) in [6, 6.07) is 5.66. The number of benzene rings is 1. The molecule has 1 aliphatic carbocycles. The highest BCUT2D eigenvalue weighted by atomic mass is 16.6. The lowest BCUT2D eigenvalue weighted by Gasteiger charge is -2.16. The number of hydrogen-bond acceptors (Lipinski definition) is 4. The van der Waals surface area contributed by atoms with Gasteiger partial charge in [-0.2, -0.15) is 0 Å². The van der Waals surface area contributed by atoms with Crippen molar-refractivity contribution in [2.24, 2.45) is 0 Å². The van der Waals surface area contributed by atoms with Crippen LogP contribution >= 0.6 is 0 Å². The van der Waals surface area contributed by atoms with Crippen molar-refractivity contribution in [2.75, 3.05) is 6.61 Å². The molecule has 92 valence electrons. The molecule has 0 spiro atoms. The molecule has 1 aromatic carbocycles. The first-order valence-electron chi connectivity index (χ1n) is 5.39. The number of aliphatic hydroxyl groups is 2. The molecule has 2 aliphatic rings. The average Bonchev–Trinajstić information content (AvgIpc) is 3.07. The highest BCUT2D eigenvalue weighted by Gasteiger charge is 2.41. The fourth-order valence-corrected chi connectivity index (χ4v) is 2.08. The van der Waals surface area contributed by atoms with Crippen LogP contribution in [0, 0.1) is 0 Å². The van der Waals surface area contributed by atoms with Crippen LogP contribution in [0.4, 0.5) is 0 Å². The molecule has 1 aromatic rings. The molecule has 0 unspecified atom stereocenters. The molecule has 17 heavy (non-hydrogen) atoms. The maximum absolute atomic E-state index is 9.73. The van der Waals surface area contributed by atoms with E-state index >= 15 is 0 Å². The molecule has 5 heteroatoms. The van der Waals surface area contributed by atoms with Gasteiger partial charge in [0.15, 0.2) is 0 Å². The summed E-state index contributed by atoms with van der Waals surface area (Å²) in [4.78, 5) is 8.36. The van der Waals surface area contributed by atoms with Crippen LogP contribution in [0.3, 0.4) is 0 Å². The molecule has 3 rings (SSSR count). The third-order valence-corrected chi connectivity index (χ3v) is 2.90. The quantitative estimate of drug-likeness (QED) is 0.497. The first-order chi connectivity index (χ1) is 8.10. The number of carbonyl (C=O) groups is 1. The van der Waals surface area contributed by atoms with Crippen LogP contribution in [0.5, 0.6) is 5.75 Å². The van der Waals surface area contributed by atoms with Crippen molar-refractivity contribution < 1.29 is 24.9 Å². The highest BCUT2D eigenvalue weighted by Crippen LogP contribution is 2.48. The summed E-state index contributed by atoms with van der Waals surface area (Å²) in [5.41, 5.74) is 1.63. The van der Waals surface area contributed by atoms with E-state index in [0.717, 1.165) is 18.4 Å². The van der Waals surface area contributed by atoms with E-state index in [-0.39, 0.29) is 13.1 Å². The lowest BCUT2D eigenvalue weighted by Crippen LogP contribution is -2.27. The zero-order valence-corrected chi connectivity index (χ0v) is 9.17. The Morgan fingerprint density at radius 3 is 2.59 bits per heavy atom. The van der Waals surface area contributed by atoms with Crippen LogP contribution in [0.2, 0.25) is 0 Å². The second kappa shape index (κ2) is 4.35. The Bertz CT molecular complexity index is 423. The van der Waals surface area contributed by atoms with E-state index in [0.29, 0.717) is 17.2 Å². The van der Waals surface area contributed by atoms with Gasteiger partial charge in [0.1, 0.15) is 12.4 Å². The Kier molecular flexibility index (Phi) is 3.04. The van der Waals surface area contributed by atoms with E-state index in [1.165, 1.54) is 0 Å². The van der Waals surface area contributed by atoms with Crippen molar-refractivity contribution in [2.45, 2.75) is 24.5 Å². The van der Waals surface area contributed by atoms with E-state index in [9.17, 15) is 10.2 Å². The van der Waals surface area contributed by atoms with Gasteiger partial charge in [-0.1, -0.05) is 12.1 Å². The minimum Gasteiger partial charge on any atom is -0.487 e. The minimum absolute atomic E-state index is 0.0495. The standard InChI is InChI=1S/C11H12O3.CH2O2/c12-11(13)6-14-9-3-1-2-8(10(9)11)7-4-5-7;2-1-3/h1-3,7,12-13H,4-6H2;1H,(H,2,3). The summed E-state index contributed by atoms with van der Waals surface area (Å²) in [6.07, 6.45) is 2.29. The van der Waals surface area contributed by atoms with Crippen LogP contribution in [0.25, 0.3) is 0 Å². The molecule has 0 amide bonds. The summed E-state index contributed by atoms with van der Waals surface area (Å²) in [7, 11) is 0. The number of hydrogen-bond donors (Lipinski definition) is 3. The van der Waals surface area contributed by atoms with Gasteiger partial charge in [0.2, 0.25) is 5.79 Å². The van der Waals surface area contributed by atoms with E-state index in [4.69, 9.17) is 14.6 Å². The van der Waals surface area contributed by atoms with Gasteiger partial charge in [-0.3, -0.25) is 4.79 Å². The Labute approximate surface area is 98.3 Å². The Balaban J connectivity index is 0.000000329. The van der Waals surface area contributed by atoms with Crippen LogP contribution in [-0.2, 0) is 10.6 Å². The van der Waals surface area contributed by atoms with Crippen molar-refractivity contribution in [3.63, 3.8) is 0 Å². The molecule has 0 radical (unpaired) electrons. The minimum atomic E-state index is -1.78. The van der Waals surface area contributed by atoms with Crippen LogP contribution < -0.4 is 4.74 Å². The second-order valence-corrected chi connectivity index (χ2v) is 4.21. The van der Waals surface area contributed by atoms with Crippen LogP contribution in [-0.4, -0.2) is 28.4 Å². The van der Waals surface area contributed by atoms with Crippen molar-refractivity contribution in [3.05, 3.63) is 29.3 Å². The summed E-state index contributed by atoms with van der Waals surface area (Å²) in [5, 5.41) is 26.4. The molecular weight excluding hydrogens is 224 g/mol. The Morgan fingerprint density at radius 2 is 2.00 bits per heavy atom. The maximum Gasteiger partial charge on any atom is 0.290 e. The molecule has 0 aromatic heterocycles. The van der Waals surface area contributed by atoms with Gasteiger partial charge in [-0.15, -0.1) is 0 Å². The first kappa shape index (κ1) is 11.9. The Hall–Kier alpha value is -1.59. The number of rotatable bonds is 1. The fraction of sp³-hybridized carbons (Fsp3) is 0.417. The smallest absolute Gasteiger partial charge is 0.290 e. The first-order valence-corrected chi connectivity index (χ1v) is 5.39. The average molecular weight is 238 g/mol. The summed E-state index contributed by atoms with van der Waals surface area (Å²) < 4.78 is 5.23. The molecule has 3 N–H and O–H groups in total. The van der Waals surface area contributed by atoms with Gasteiger partial charge < -0.3 is 20.1 Å². The molecule has 1 saturated carbocycles. The van der Waals surface area contributed by atoms with E-state index in [2.05, 4.69) is 0 Å². The largest absolute Gasteiger partial charge is 0.487 e. The molecular formula is C12H14O5. The molecule has 5 nitrogen and oxygen atoms in total. The molecule has 1 aliphatic heterocycles. The van der Waals surface area contributed by atoms with Crippen molar-refractivity contribution in [3.8, 4) is 5.75 Å². The third-order valence-electron chi connectivity index (χ3n) is 2.90. The lowest BCUT2D eigenvalue weighted by atomic mass is 9.97. The molecule has 1 heterocycles. The van der Waals surface area contributed by atoms with Crippen LogP contribution in [0.15, 0.2) is 18.2 Å². The monoisotopic (exact) mass is 238 g/mol. The molecule has 0 atom stereocenters.